The van der Waals surface area contributed by atoms with Gasteiger partial charge in [0.2, 0.25) is 0 Å². The smallest absolute Gasteiger partial charge is 0.145 e. The van der Waals surface area contributed by atoms with Gasteiger partial charge in [-0.1, -0.05) is 25.7 Å². The minimum absolute atomic E-state index is 0.449. The normalized spacial score (nSPS) is 9.91. The fourth-order valence-corrected chi connectivity index (χ4v) is 1.94. The van der Waals surface area contributed by atoms with Crippen LogP contribution in [-0.2, 0) is 0 Å². The number of hydrogen-bond donors (Lipinski definition) is 2. The molecule has 22 heavy (non-hydrogen) atoms. The van der Waals surface area contributed by atoms with Crippen molar-refractivity contribution in [1.82, 2.24) is 10.6 Å². The van der Waals surface area contributed by atoms with Crippen LogP contribution in [0.5, 0.6) is 0 Å². The van der Waals surface area contributed by atoms with Gasteiger partial charge in [-0.05, 0) is 25.9 Å². The van der Waals surface area contributed by atoms with Crippen molar-refractivity contribution in [1.29, 1.82) is 21.0 Å². The van der Waals surface area contributed by atoms with E-state index in [1.807, 2.05) is 24.3 Å². The molecular formula is C16H24N6. The number of nitrogens with one attached hydrogen (secondary N) is 2. The van der Waals surface area contributed by atoms with Gasteiger partial charge in [0.05, 0.1) is 24.3 Å². The summed E-state index contributed by atoms with van der Waals surface area (Å²) < 4.78 is 0. The van der Waals surface area contributed by atoms with Crippen molar-refractivity contribution in [2.45, 2.75) is 38.5 Å². The molecule has 0 aromatic carbocycles. The third-order valence-corrected chi connectivity index (χ3v) is 3.28. The SMILES string of the molecule is N#CC(C#N)CNCCCCCCCCNCC(C#N)C#N. The molecule has 0 aromatic rings. The van der Waals surface area contributed by atoms with Crippen molar-refractivity contribution in [3.63, 3.8) is 0 Å². The third kappa shape index (κ3) is 11.7. The Bertz CT molecular complexity index is 364. The second kappa shape index (κ2) is 15.3. The minimum atomic E-state index is -0.547. The van der Waals surface area contributed by atoms with E-state index >= 15 is 0 Å². The molecule has 0 aliphatic carbocycles. The van der Waals surface area contributed by atoms with Gasteiger partial charge in [-0.25, -0.2) is 0 Å². The van der Waals surface area contributed by atoms with Crippen molar-refractivity contribution in [3.8, 4) is 24.3 Å². The minimum Gasteiger partial charge on any atom is -0.314 e. The second-order valence-electron chi connectivity index (χ2n) is 5.15. The van der Waals surface area contributed by atoms with Gasteiger partial charge in [-0.3, -0.25) is 0 Å². The van der Waals surface area contributed by atoms with E-state index in [-0.39, 0.29) is 0 Å². The van der Waals surface area contributed by atoms with Gasteiger partial charge in [0, 0.05) is 13.1 Å². The average molecular weight is 300 g/mol. The molecule has 0 fully saturated rings. The van der Waals surface area contributed by atoms with Gasteiger partial charge in [0.15, 0.2) is 0 Å². The summed E-state index contributed by atoms with van der Waals surface area (Å²) in [6.45, 7) is 2.60. The van der Waals surface area contributed by atoms with Gasteiger partial charge >= 0.3 is 0 Å². The van der Waals surface area contributed by atoms with E-state index in [4.69, 9.17) is 21.0 Å². The molecule has 0 radical (unpaired) electrons. The molecule has 0 atom stereocenters. The van der Waals surface area contributed by atoms with Crippen molar-refractivity contribution >= 4 is 0 Å². The maximum atomic E-state index is 8.60. The predicted molar refractivity (Wildman–Crippen MR) is 82.9 cm³/mol. The Labute approximate surface area is 133 Å². The molecule has 6 heteroatoms. The first-order valence-corrected chi connectivity index (χ1v) is 7.78. The van der Waals surface area contributed by atoms with Crippen LogP contribution in [0, 0.1) is 57.2 Å². The second-order valence-corrected chi connectivity index (χ2v) is 5.15. The van der Waals surface area contributed by atoms with E-state index in [0.717, 1.165) is 38.8 Å². The Morgan fingerprint density at radius 2 is 0.864 bits per heavy atom. The van der Waals surface area contributed by atoms with Crippen LogP contribution < -0.4 is 10.6 Å². The van der Waals surface area contributed by atoms with Gasteiger partial charge in [0.25, 0.3) is 0 Å². The lowest BCUT2D eigenvalue weighted by Gasteiger charge is -2.06. The lowest BCUT2D eigenvalue weighted by atomic mass is 10.1. The number of nitriles is 4. The quantitative estimate of drug-likeness (QED) is 0.501. The van der Waals surface area contributed by atoms with E-state index in [2.05, 4.69) is 10.6 Å². The molecule has 0 unspecified atom stereocenters. The summed E-state index contributed by atoms with van der Waals surface area (Å²) in [5.41, 5.74) is 0. The van der Waals surface area contributed by atoms with Crippen LogP contribution in [0.25, 0.3) is 0 Å². The summed E-state index contributed by atoms with van der Waals surface area (Å²) in [4.78, 5) is 0. The van der Waals surface area contributed by atoms with Crippen LogP contribution in [0.15, 0.2) is 0 Å². The Balaban J connectivity index is 3.22. The molecule has 118 valence electrons. The fraction of sp³-hybridized carbons (Fsp3) is 0.750. The molecular weight excluding hydrogens is 276 g/mol. The molecule has 0 aliphatic heterocycles. The van der Waals surface area contributed by atoms with Crippen LogP contribution in [0.2, 0.25) is 0 Å². The van der Waals surface area contributed by atoms with Crippen molar-refractivity contribution in [2.75, 3.05) is 26.2 Å². The summed E-state index contributed by atoms with van der Waals surface area (Å²) in [6, 6.07) is 7.75. The summed E-state index contributed by atoms with van der Waals surface area (Å²) in [7, 11) is 0. The molecule has 0 saturated heterocycles. The third-order valence-electron chi connectivity index (χ3n) is 3.28. The van der Waals surface area contributed by atoms with E-state index < -0.39 is 11.8 Å². The zero-order valence-corrected chi connectivity index (χ0v) is 13.0. The monoisotopic (exact) mass is 300 g/mol. The zero-order chi connectivity index (χ0) is 16.5. The summed E-state index contributed by atoms with van der Waals surface area (Å²) in [6.07, 6.45) is 6.78. The van der Waals surface area contributed by atoms with Crippen LogP contribution in [-0.4, -0.2) is 26.2 Å². The van der Waals surface area contributed by atoms with Gasteiger partial charge in [-0.15, -0.1) is 0 Å². The van der Waals surface area contributed by atoms with E-state index in [1.54, 1.807) is 0 Å². The first-order chi connectivity index (χ1) is 10.8. The molecule has 0 aliphatic rings. The largest absolute Gasteiger partial charge is 0.314 e. The molecule has 0 bridgehead atoms. The van der Waals surface area contributed by atoms with E-state index in [9.17, 15) is 0 Å². The molecule has 0 rings (SSSR count). The van der Waals surface area contributed by atoms with Crippen LogP contribution >= 0.6 is 0 Å². The first kappa shape index (κ1) is 19.9. The predicted octanol–water partition coefficient (Wildman–Crippen LogP) is 1.83. The molecule has 6 nitrogen and oxygen atoms in total. The van der Waals surface area contributed by atoms with Crippen LogP contribution in [0.1, 0.15) is 38.5 Å². The van der Waals surface area contributed by atoms with E-state index in [0.29, 0.717) is 13.1 Å². The van der Waals surface area contributed by atoms with Gasteiger partial charge in [0.1, 0.15) is 11.8 Å². The Morgan fingerprint density at radius 1 is 0.545 bits per heavy atom. The highest BCUT2D eigenvalue weighted by atomic mass is 14.9. The van der Waals surface area contributed by atoms with Crippen molar-refractivity contribution < 1.29 is 0 Å². The van der Waals surface area contributed by atoms with Gasteiger partial charge in [-0.2, -0.15) is 21.0 Å². The Kier molecular flexibility index (Phi) is 13.8. The number of rotatable bonds is 13. The highest BCUT2D eigenvalue weighted by Gasteiger charge is 2.03. The van der Waals surface area contributed by atoms with Crippen LogP contribution in [0.4, 0.5) is 0 Å². The highest BCUT2D eigenvalue weighted by molar-refractivity contribution is 5.00. The maximum Gasteiger partial charge on any atom is 0.145 e. The molecule has 0 saturated carbocycles. The molecule has 0 heterocycles. The summed E-state index contributed by atoms with van der Waals surface area (Å²) in [5, 5.41) is 40.6. The van der Waals surface area contributed by atoms with Gasteiger partial charge < -0.3 is 10.6 Å². The highest BCUT2D eigenvalue weighted by Crippen LogP contribution is 2.04. The molecule has 0 aromatic heterocycles. The van der Waals surface area contributed by atoms with Crippen molar-refractivity contribution in [2.24, 2.45) is 11.8 Å². The lowest BCUT2D eigenvalue weighted by molar-refractivity contribution is 0.540. The molecule has 2 N–H and O–H groups in total. The lowest BCUT2D eigenvalue weighted by Crippen LogP contribution is -2.22. The standard InChI is InChI=1S/C16H24N6/c17-9-15(10-18)13-21-7-5-3-1-2-4-6-8-22-14-16(11-19)12-20/h15-16,21-22H,1-8,13-14H2. The van der Waals surface area contributed by atoms with E-state index in [1.165, 1.54) is 12.8 Å². The fourth-order valence-electron chi connectivity index (χ4n) is 1.94. The summed E-state index contributed by atoms with van der Waals surface area (Å²) in [5.74, 6) is -1.09. The van der Waals surface area contributed by atoms with Crippen molar-refractivity contribution in [3.05, 3.63) is 0 Å². The molecule has 0 spiro atoms. The maximum absolute atomic E-state index is 8.60. The summed E-state index contributed by atoms with van der Waals surface area (Å²) >= 11 is 0. The molecule has 0 amide bonds. The average Bonchev–Trinajstić information content (AvgIpc) is 2.55. The topological polar surface area (TPSA) is 119 Å². The first-order valence-electron chi connectivity index (χ1n) is 7.78. The zero-order valence-electron chi connectivity index (χ0n) is 13.0. The van der Waals surface area contributed by atoms with Crippen LogP contribution in [0.3, 0.4) is 0 Å². The Hall–Kier alpha value is -2.12. The number of hydrogen-bond acceptors (Lipinski definition) is 6. The number of nitrogens with zero attached hydrogens (tertiary/aromatic N) is 4. The number of unbranched alkanes of at least 4 members (excludes halogenated alkanes) is 5. The Morgan fingerprint density at radius 3 is 1.18 bits per heavy atom.